The highest BCUT2D eigenvalue weighted by Crippen LogP contribution is 2.30. The Morgan fingerprint density at radius 2 is 2.18 bits per heavy atom. The number of carbonyl (C=O) groups is 1. The summed E-state index contributed by atoms with van der Waals surface area (Å²) < 4.78 is 6.54. The first-order valence-electron chi connectivity index (χ1n) is 8.08. The van der Waals surface area contributed by atoms with Crippen molar-refractivity contribution in [1.82, 2.24) is 4.98 Å². The number of benzene rings is 1. The van der Waals surface area contributed by atoms with Gasteiger partial charge in [-0.15, -0.1) is 0 Å². The van der Waals surface area contributed by atoms with Gasteiger partial charge in [-0.25, -0.2) is 4.98 Å². The molecule has 22 heavy (non-hydrogen) atoms. The van der Waals surface area contributed by atoms with Crippen molar-refractivity contribution in [2.45, 2.75) is 45.4 Å². The van der Waals surface area contributed by atoms with Crippen molar-refractivity contribution in [2.75, 3.05) is 11.9 Å². The summed E-state index contributed by atoms with van der Waals surface area (Å²) in [6, 6.07) is 5.83. The first-order valence-corrected chi connectivity index (χ1v) is 8.89. The van der Waals surface area contributed by atoms with E-state index < -0.39 is 0 Å². The van der Waals surface area contributed by atoms with E-state index in [1.807, 2.05) is 25.1 Å². The SMILES string of the molecule is CCOc1ccc2nc(NC(=O)CC3CCCCC3)sc2c1. The number of thiazole rings is 1. The van der Waals surface area contributed by atoms with E-state index in [0.717, 1.165) is 16.0 Å². The normalized spacial score (nSPS) is 15.9. The molecule has 0 spiro atoms. The zero-order valence-corrected chi connectivity index (χ0v) is 13.7. The Balaban J connectivity index is 1.64. The lowest BCUT2D eigenvalue weighted by molar-refractivity contribution is -0.117. The van der Waals surface area contributed by atoms with E-state index in [4.69, 9.17) is 4.74 Å². The zero-order chi connectivity index (χ0) is 15.4. The molecule has 3 rings (SSSR count). The van der Waals surface area contributed by atoms with Gasteiger partial charge < -0.3 is 10.1 Å². The molecule has 0 radical (unpaired) electrons. The topological polar surface area (TPSA) is 51.2 Å². The van der Waals surface area contributed by atoms with Gasteiger partial charge in [0, 0.05) is 6.42 Å². The maximum absolute atomic E-state index is 12.2. The van der Waals surface area contributed by atoms with Crippen LogP contribution < -0.4 is 10.1 Å². The molecule has 1 aliphatic carbocycles. The number of carbonyl (C=O) groups excluding carboxylic acids is 1. The van der Waals surface area contributed by atoms with Crippen molar-refractivity contribution in [2.24, 2.45) is 5.92 Å². The van der Waals surface area contributed by atoms with E-state index >= 15 is 0 Å². The number of hydrogen-bond donors (Lipinski definition) is 1. The molecule has 1 heterocycles. The summed E-state index contributed by atoms with van der Waals surface area (Å²) in [5.41, 5.74) is 0.904. The van der Waals surface area contributed by atoms with Crippen LogP contribution in [0.25, 0.3) is 10.2 Å². The van der Waals surface area contributed by atoms with Crippen molar-refractivity contribution < 1.29 is 9.53 Å². The molecular weight excluding hydrogens is 296 g/mol. The fourth-order valence-electron chi connectivity index (χ4n) is 3.04. The van der Waals surface area contributed by atoms with Gasteiger partial charge in [0.1, 0.15) is 5.75 Å². The molecule has 0 atom stereocenters. The molecule has 1 aromatic carbocycles. The second-order valence-corrected chi connectivity index (χ2v) is 6.87. The van der Waals surface area contributed by atoms with Crippen LogP contribution in [0.3, 0.4) is 0 Å². The largest absolute Gasteiger partial charge is 0.494 e. The summed E-state index contributed by atoms with van der Waals surface area (Å²) >= 11 is 1.50. The molecule has 4 nitrogen and oxygen atoms in total. The minimum atomic E-state index is 0.0935. The molecule has 0 saturated heterocycles. The van der Waals surface area contributed by atoms with Crippen LogP contribution in [0.15, 0.2) is 18.2 Å². The second-order valence-electron chi connectivity index (χ2n) is 5.84. The average Bonchev–Trinajstić information content (AvgIpc) is 2.89. The van der Waals surface area contributed by atoms with Gasteiger partial charge in [0.05, 0.1) is 16.8 Å². The lowest BCUT2D eigenvalue weighted by Gasteiger charge is -2.20. The van der Waals surface area contributed by atoms with Gasteiger partial charge in [-0.2, -0.15) is 0 Å². The molecule has 1 fully saturated rings. The molecule has 118 valence electrons. The molecule has 5 heteroatoms. The number of aromatic nitrogens is 1. The van der Waals surface area contributed by atoms with E-state index in [1.54, 1.807) is 0 Å². The predicted molar refractivity (Wildman–Crippen MR) is 90.6 cm³/mol. The predicted octanol–water partition coefficient (Wildman–Crippen LogP) is 4.60. The summed E-state index contributed by atoms with van der Waals surface area (Å²) in [6.45, 7) is 2.61. The lowest BCUT2D eigenvalue weighted by Crippen LogP contribution is -2.18. The highest BCUT2D eigenvalue weighted by molar-refractivity contribution is 7.22. The fourth-order valence-corrected chi connectivity index (χ4v) is 3.95. The maximum atomic E-state index is 12.2. The molecule has 0 unspecified atom stereocenters. The first kappa shape index (κ1) is 15.3. The van der Waals surface area contributed by atoms with Gasteiger partial charge in [-0.3, -0.25) is 4.79 Å². The number of nitrogens with zero attached hydrogens (tertiary/aromatic N) is 1. The van der Waals surface area contributed by atoms with E-state index in [9.17, 15) is 4.79 Å². The third-order valence-corrected chi connectivity index (χ3v) is 5.05. The van der Waals surface area contributed by atoms with E-state index in [2.05, 4.69) is 10.3 Å². The number of nitrogens with one attached hydrogen (secondary N) is 1. The number of fused-ring (bicyclic) bond motifs is 1. The third kappa shape index (κ3) is 3.77. The zero-order valence-electron chi connectivity index (χ0n) is 12.9. The van der Waals surface area contributed by atoms with Crippen LogP contribution in [0.1, 0.15) is 45.4 Å². The summed E-state index contributed by atoms with van der Waals surface area (Å²) in [6.07, 6.45) is 6.84. The van der Waals surface area contributed by atoms with Crippen LogP contribution in [-0.2, 0) is 4.79 Å². The van der Waals surface area contributed by atoms with Crippen molar-refractivity contribution in [1.29, 1.82) is 0 Å². The van der Waals surface area contributed by atoms with Gasteiger partial charge in [-0.05, 0) is 43.9 Å². The summed E-state index contributed by atoms with van der Waals surface area (Å²) in [5, 5.41) is 3.64. The Morgan fingerprint density at radius 3 is 2.95 bits per heavy atom. The highest BCUT2D eigenvalue weighted by Gasteiger charge is 2.18. The molecule has 0 bridgehead atoms. The number of ether oxygens (including phenoxy) is 1. The minimum Gasteiger partial charge on any atom is -0.494 e. The van der Waals surface area contributed by atoms with Crippen LogP contribution in [0.2, 0.25) is 0 Å². The molecule has 2 aromatic rings. The maximum Gasteiger partial charge on any atom is 0.226 e. The lowest BCUT2D eigenvalue weighted by atomic mass is 9.87. The van der Waals surface area contributed by atoms with Gasteiger partial charge in [0.2, 0.25) is 5.91 Å². The Kier molecular flexibility index (Phi) is 4.93. The molecule has 1 aromatic heterocycles. The molecule has 1 aliphatic rings. The minimum absolute atomic E-state index is 0.0935. The van der Waals surface area contributed by atoms with Crippen LogP contribution in [-0.4, -0.2) is 17.5 Å². The van der Waals surface area contributed by atoms with Crippen LogP contribution in [0, 0.1) is 5.92 Å². The molecule has 1 N–H and O–H groups in total. The van der Waals surface area contributed by atoms with E-state index in [-0.39, 0.29) is 5.91 Å². The quantitative estimate of drug-likeness (QED) is 0.876. The smallest absolute Gasteiger partial charge is 0.226 e. The summed E-state index contributed by atoms with van der Waals surface area (Å²) in [5.74, 6) is 1.49. The Morgan fingerprint density at radius 1 is 1.36 bits per heavy atom. The van der Waals surface area contributed by atoms with Crippen molar-refractivity contribution in [3.8, 4) is 5.75 Å². The number of anilines is 1. The van der Waals surface area contributed by atoms with E-state index in [1.165, 1.54) is 43.4 Å². The van der Waals surface area contributed by atoms with Crippen LogP contribution in [0.5, 0.6) is 5.75 Å². The molecule has 0 aliphatic heterocycles. The van der Waals surface area contributed by atoms with Gasteiger partial charge in [0.25, 0.3) is 0 Å². The Hall–Kier alpha value is -1.62. The monoisotopic (exact) mass is 318 g/mol. The molecule has 1 saturated carbocycles. The number of hydrogen-bond acceptors (Lipinski definition) is 4. The average molecular weight is 318 g/mol. The Bertz CT molecular complexity index is 647. The van der Waals surface area contributed by atoms with Crippen LogP contribution >= 0.6 is 11.3 Å². The van der Waals surface area contributed by atoms with E-state index in [0.29, 0.717) is 24.1 Å². The summed E-state index contributed by atoms with van der Waals surface area (Å²) in [4.78, 5) is 16.6. The number of rotatable bonds is 5. The standard InChI is InChI=1S/C17H22N2O2S/c1-2-21-13-8-9-14-15(11-13)22-17(18-14)19-16(20)10-12-6-4-3-5-7-12/h8-9,11-12H,2-7,10H2,1H3,(H,18,19,20). The van der Waals surface area contributed by atoms with Crippen molar-refractivity contribution in [3.05, 3.63) is 18.2 Å². The number of amides is 1. The fraction of sp³-hybridized carbons (Fsp3) is 0.529. The molecule has 1 amide bonds. The Labute approximate surface area is 134 Å². The second kappa shape index (κ2) is 7.09. The van der Waals surface area contributed by atoms with Gasteiger partial charge in [0.15, 0.2) is 5.13 Å². The van der Waals surface area contributed by atoms with Gasteiger partial charge in [-0.1, -0.05) is 30.6 Å². The van der Waals surface area contributed by atoms with Crippen LogP contribution in [0.4, 0.5) is 5.13 Å². The third-order valence-electron chi connectivity index (χ3n) is 4.12. The van der Waals surface area contributed by atoms with Gasteiger partial charge >= 0.3 is 0 Å². The van der Waals surface area contributed by atoms with Crippen molar-refractivity contribution in [3.63, 3.8) is 0 Å². The molecular formula is C17H22N2O2S. The highest BCUT2D eigenvalue weighted by atomic mass is 32.1. The summed E-state index contributed by atoms with van der Waals surface area (Å²) in [7, 11) is 0. The van der Waals surface area contributed by atoms with Crippen molar-refractivity contribution >= 4 is 32.6 Å². The first-order chi connectivity index (χ1) is 10.7.